The Kier molecular flexibility index (Phi) is 5.24. The molecule has 2 unspecified atom stereocenters. The van der Waals surface area contributed by atoms with Crippen LogP contribution >= 0.6 is 0 Å². The van der Waals surface area contributed by atoms with Crippen LogP contribution in [0.1, 0.15) is 46.0 Å². The molecule has 0 aromatic rings. The number of rotatable bonds is 5. The summed E-state index contributed by atoms with van der Waals surface area (Å²) < 4.78 is 5.18. The van der Waals surface area contributed by atoms with Crippen LogP contribution in [0.15, 0.2) is 11.6 Å². The zero-order valence-electron chi connectivity index (χ0n) is 9.88. The molecule has 0 saturated carbocycles. The van der Waals surface area contributed by atoms with Gasteiger partial charge >= 0.3 is 0 Å². The lowest BCUT2D eigenvalue weighted by Gasteiger charge is -2.28. The number of unbranched alkanes of at least 4 members (excludes halogenated alkanes) is 1. The molecule has 0 N–H and O–H groups in total. The minimum atomic E-state index is 0.838. The van der Waals surface area contributed by atoms with Gasteiger partial charge in [0.2, 0.25) is 0 Å². The Morgan fingerprint density at radius 1 is 1.50 bits per heavy atom. The first kappa shape index (κ1) is 11.8. The monoisotopic (exact) mass is 196 g/mol. The highest BCUT2D eigenvalue weighted by atomic mass is 16.5. The van der Waals surface area contributed by atoms with Crippen LogP contribution in [-0.2, 0) is 4.74 Å². The van der Waals surface area contributed by atoms with Gasteiger partial charge in [0.15, 0.2) is 0 Å². The van der Waals surface area contributed by atoms with Gasteiger partial charge in [0.25, 0.3) is 0 Å². The first-order chi connectivity index (χ1) is 6.77. The number of ether oxygens (including phenoxy) is 1. The van der Waals surface area contributed by atoms with Gasteiger partial charge in [-0.3, -0.25) is 0 Å². The first-order valence-corrected chi connectivity index (χ1v) is 5.94. The molecule has 0 spiro atoms. The molecule has 2 atom stereocenters. The molecular formula is C13H24O. The van der Waals surface area contributed by atoms with Crippen molar-refractivity contribution in [2.24, 2.45) is 11.8 Å². The van der Waals surface area contributed by atoms with Crippen LogP contribution in [0.2, 0.25) is 0 Å². The van der Waals surface area contributed by atoms with E-state index in [-0.39, 0.29) is 0 Å². The van der Waals surface area contributed by atoms with E-state index in [0.29, 0.717) is 0 Å². The van der Waals surface area contributed by atoms with Gasteiger partial charge in [0, 0.05) is 7.11 Å². The Morgan fingerprint density at radius 3 is 2.86 bits per heavy atom. The number of hydrogen-bond acceptors (Lipinski definition) is 1. The minimum Gasteiger partial charge on any atom is -0.380 e. The Balaban J connectivity index is 2.37. The molecule has 0 aromatic heterocycles. The Hall–Kier alpha value is -0.300. The summed E-state index contributed by atoms with van der Waals surface area (Å²) in [7, 11) is 1.79. The predicted octanol–water partition coefficient (Wildman–Crippen LogP) is 3.80. The average molecular weight is 196 g/mol. The van der Waals surface area contributed by atoms with E-state index < -0.39 is 0 Å². The minimum absolute atomic E-state index is 0.838. The van der Waals surface area contributed by atoms with E-state index in [1.807, 2.05) is 0 Å². The second-order valence-corrected chi connectivity index (χ2v) is 4.61. The van der Waals surface area contributed by atoms with Crippen molar-refractivity contribution in [1.82, 2.24) is 0 Å². The quantitative estimate of drug-likeness (QED) is 0.608. The summed E-state index contributed by atoms with van der Waals surface area (Å²) in [5, 5.41) is 0. The second kappa shape index (κ2) is 6.23. The van der Waals surface area contributed by atoms with E-state index >= 15 is 0 Å². The molecule has 1 rings (SSSR count). The van der Waals surface area contributed by atoms with Gasteiger partial charge in [-0.25, -0.2) is 0 Å². The smallest absolute Gasteiger partial charge is 0.0673 e. The molecule has 82 valence electrons. The third-order valence-electron chi connectivity index (χ3n) is 3.36. The standard InChI is InChI=1S/C13H24O/c1-4-5-6-13-8-7-12(10-14-3)9-11(13)2/h7,11,13H,4-6,8-10H2,1-3H3. The lowest BCUT2D eigenvalue weighted by molar-refractivity contribution is 0.209. The van der Waals surface area contributed by atoms with Crippen molar-refractivity contribution >= 4 is 0 Å². The Bertz CT molecular complexity index is 184. The number of methoxy groups -OCH3 is 1. The molecule has 1 aliphatic carbocycles. The van der Waals surface area contributed by atoms with Gasteiger partial charge in [-0.05, 0) is 36.7 Å². The van der Waals surface area contributed by atoms with E-state index in [0.717, 1.165) is 18.4 Å². The molecule has 1 heteroatoms. The van der Waals surface area contributed by atoms with Gasteiger partial charge in [-0.2, -0.15) is 0 Å². The van der Waals surface area contributed by atoms with Gasteiger partial charge in [0.05, 0.1) is 6.61 Å². The van der Waals surface area contributed by atoms with E-state index in [9.17, 15) is 0 Å². The van der Waals surface area contributed by atoms with Crippen molar-refractivity contribution in [2.75, 3.05) is 13.7 Å². The van der Waals surface area contributed by atoms with Gasteiger partial charge in [-0.15, -0.1) is 0 Å². The summed E-state index contributed by atoms with van der Waals surface area (Å²) in [6, 6.07) is 0. The van der Waals surface area contributed by atoms with Crippen molar-refractivity contribution < 1.29 is 4.74 Å². The van der Waals surface area contributed by atoms with Crippen molar-refractivity contribution in [3.63, 3.8) is 0 Å². The van der Waals surface area contributed by atoms with E-state index in [2.05, 4.69) is 19.9 Å². The SMILES string of the molecule is CCCCC1CC=C(COC)CC1C. The summed E-state index contributed by atoms with van der Waals surface area (Å²) in [6.07, 6.45) is 9.07. The highest BCUT2D eigenvalue weighted by molar-refractivity contribution is 5.08. The van der Waals surface area contributed by atoms with Gasteiger partial charge in [0.1, 0.15) is 0 Å². The molecular weight excluding hydrogens is 172 g/mol. The lowest BCUT2D eigenvalue weighted by Crippen LogP contribution is -2.17. The third-order valence-corrected chi connectivity index (χ3v) is 3.36. The molecule has 1 aliphatic rings. The summed E-state index contributed by atoms with van der Waals surface area (Å²) in [5.41, 5.74) is 1.51. The number of allylic oxidation sites excluding steroid dienone is 1. The fourth-order valence-electron chi connectivity index (χ4n) is 2.39. The number of hydrogen-bond donors (Lipinski definition) is 0. The maximum atomic E-state index is 5.18. The molecule has 0 heterocycles. The van der Waals surface area contributed by atoms with Crippen molar-refractivity contribution in [3.8, 4) is 0 Å². The molecule has 0 aliphatic heterocycles. The normalized spacial score (nSPS) is 27.5. The summed E-state index contributed by atoms with van der Waals surface area (Å²) in [4.78, 5) is 0. The molecule has 0 radical (unpaired) electrons. The van der Waals surface area contributed by atoms with Crippen LogP contribution in [-0.4, -0.2) is 13.7 Å². The largest absolute Gasteiger partial charge is 0.380 e. The summed E-state index contributed by atoms with van der Waals surface area (Å²) >= 11 is 0. The van der Waals surface area contributed by atoms with Crippen LogP contribution in [0, 0.1) is 11.8 Å². The van der Waals surface area contributed by atoms with Crippen LogP contribution in [0.5, 0.6) is 0 Å². The second-order valence-electron chi connectivity index (χ2n) is 4.61. The van der Waals surface area contributed by atoms with E-state index in [1.54, 1.807) is 7.11 Å². The van der Waals surface area contributed by atoms with E-state index in [4.69, 9.17) is 4.74 Å². The van der Waals surface area contributed by atoms with Crippen LogP contribution in [0.3, 0.4) is 0 Å². The van der Waals surface area contributed by atoms with Gasteiger partial charge < -0.3 is 4.74 Å². The third kappa shape index (κ3) is 3.45. The lowest BCUT2D eigenvalue weighted by atomic mass is 9.78. The maximum absolute atomic E-state index is 5.18. The zero-order chi connectivity index (χ0) is 10.4. The Morgan fingerprint density at radius 2 is 2.29 bits per heavy atom. The topological polar surface area (TPSA) is 9.23 Å². The molecule has 0 fully saturated rings. The van der Waals surface area contributed by atoms with Crippen LogP contribution in [0.25, 0.3) is 0 Å². The summed E-state index contributed by atoms with van der Waals surface area (Å²) in [5.74, 6) is 1.78. The Labute approximate surface area is 88.5 Å². The maximum Gasteiger partial charge on any atom is 0.0673 e. The molecule has 0 saturated heterocycles. The molecule has 14 heavy (non-hydrogen) atoms. The molecule has 0 amide bonds. The zero-order valence-corrected chi connectivity index (χ0v) is 9.88. The highest BCUT2D eigenvalue weighted by Gasteiger charge is 2.21. The summed E-state index contributed by atoms with van der Waals surface area (Å²) in [6.45, 7) is 5.51. The predicted molar refractivity (Wildman–Crippen MR) is 61.4 cm³/mol. The van der Waals surface area contributed by atoms with Crippen LogP contribution in [0.4, 0.5) is 0 Å². The van der Waals surface area contributed by atoms with Crippen LogP contribution < -0.4 is 0 Å². The van der Waals surface area contributed by atoms with Gasteiger partial charge in [-0.1, -0.05) is 32.8 Å². The molecule has 0 bridgehead atoms. The molecule has 0 aromatic carbocycles. The fraction of sp³-hybridized carbons (Fsp3) is 0.846. The van der Waals surface area contributed by atoms with E-state index in [1.165, 1.54) is 37.7 Å². The molecule has 1 nitrogen and oxygen atoms in total. The van der Waals surface area contributed by atoms with Crippen molar-refractivity contribution in [1.29, 1.82) is 0 Å². The first-order valence-electron chi connectivity index (χ1n) is 5.94. The van der Waals surface area contributed by atoms with Crippen molar-refractivity contribution in [3.05, 3.63) is 11.6 Å². The average Bonchev–Trinajstić information content (AvgIpc) is 2.17. The highest BCUT2D eigenvalue weighted by Crippen LogP contribution is 2.32. The fourth-order valence-corrected chi connectivity index (χ4v) is 2.39. The van der Waals surface area contributed by atoms with Crippen molar-refractivity contribution in [2.45, 2.75) is 46.0 Å².